The van der Waals surface area contributed by atoms with Crippen LogP contribution < -0.4 is 10.0 Å². The van der Waals surface area contributed by atoms with Crippen molar-refractivity contribution >= 4 is 32.8 Å². The van der Waals surface area contributed by atoms with Crippen LogP contribution in [0.15, 0.2) is 22.6 Å². The first-order valence-corrected chi connectivity index (χ1v) is 11.8. The summed E-state index contributed by atoms with van der Waals surface area (Å²) < 4.78 is 42.6. The van der Waals surface area contributed by atoms with Crippen LogP contribution >= 0.6 is 0 Å². The second kappa shape index (κ2) is 6.82. The SMILES string of the molecule is CC(C)(C)[S+]([O-])N=C1c2ccc(NS(C)(=O)=O)cc2CC12CCNCC2. The average molecular weight is 398 g/mol. The standard InChI is InChI=1S/C18H27N3O3S2/c1-17(2,3)25(22)20-16-15-6-5-14(21-26(4,23)24)11-13(15)12-18(16)7-9-19-10-8-18/h5-6,11,19,21H,7-10,12H2,1-4H3. The summed E-state index contributed by atoms with van der Waals surface area (Å²) in [7, 11) is -3.32. The van der Waals surface area contributed by atoms with E-state index < -0.39 is 26.1 Å². The van der Waals surface area contributed by atoms with Crippen molar-refractivity contribution in [3.05, 3.63) is 29.3 Å². The molecule has 0 aromatic heterocycles. The van der Waals surface area contributed by atoms with E-state index in [0.29, 0.717) is 5.69 Å². The molecule has 1 aliphatic heterocycles. The van der Waals surface area contributed by atoms with Gasteiger partial charge in [-0.3, -0.25) is 4.72 Å². The zero-order valence-corrected chi connectivity index (χ0v) is 17.4. The lowest BCUT2D eigenvalue weighted by Crippen LogP contribution is -2.41. The topological polar surface area (TPSA) is 93.6 Å². The molecule has 0 amide bonds. The predicted octanol–water partition coefficient (Wildman–Crippen LogP) is 2.24. The van der Waals surface area contributed by atoms with Crippen LogP contribution in [-0.4, -0.2) is 42.8 Å². The number of nitrogens with zero attached hydrogens (tertiary/aromatic N) is 1. The van der Waals surface area contributed by atoms with Crippen molar-refractivity contribution in [2.45, 2.75) is 44.8 Å². The monoisotopic (exact) mass is 397 g/mol. The molecule has 1 atom stereocenters. The van der Waals surface area contributed by atoms with Crippen LogP contribution in [0, 0.1) is 5.41 Å². The van der Waals surface area contributed by atoms with Crippen molar-refractivity contribution in [3.63, 3.8) is 0 Å². The van der Waals surface area contributed by atoms with Gasteiger partial charge in [0.05, 0.1) is 6.26 Å². The Balaban J connectivity index is 2.04. The summed E-state index contributed by atoms with van der Waals surface area (Å²) in [6.45, 7) is 7.60. The molecule has 0 saturated carbocycles. The maximum atomic E-state index is 12.7. The van der Waals surface area contributed by atoms with Crippen LogP contribution in [0.4, 0.5) is 5.69 Å². The first kappa shape index (κ1) is 19.7. The van der Waals surface area contributed by atoms with Crippen molar-refractivity contribution in [1.82, 2.24) is 5.32 Å². The van der Waals surface area contributed by atoms with Crippen LogP contribution in [0.2, 0.25) is 0 Å². The third-order valence-electron chi connectivity index (χ3n) is 4.95. The number of hydrogen-bond acceptors (Lipinski definition) is 5. The lowest BCUT2D eigenvalue weighted by Gasteiger charge is -2.34. The number of fused-ring (bicyclic) bond motifs is 1. The summed E-state index contributed by atoms with van der Waals surface area (Å²) in [6, 6.07) is 5.57. The molecule has 0 radical (unpaired) electrons. The molecule has 1 heterocycles. The third-order valence-corrected chi connectivity index (χ3v) is 6.96. The minimum absolute atomic E-state index is 0.113. The van der Waals surface area contributed by atoms with Gasteiger partial charge in [0.25, 0.3) is 0 Å². The van der Waals surface area contributed by atoms with Crippen molar-refractivity contribution < 1.29 is 13.0 Å². The Morgan fingerprint density at radius 1 is 1.27 bits per heavy atom. The molecule has 3 rings (SSSR count). The lowest BCUT2D eigenvalue weighted by atomic mass is 9.75. The summed E-state index contributed by atoms with van der Waals surface area (Å²) in [5, 5.41) is 3.39. The van der Waals surface area contributed by atoms with Crippen LogP contribution in [-0.2, 0) is 27.8 Å². The lowest BCUT2D eigenvalue weighted by molar-refractivity contribution is 0.306. The smallest absolute Gasteiger partial charge is 0.229 e. The van der Waals surface area contributed by atoms with Gasteiger partial charge in [0.1, 0.15) is 21.8 Å². The molecule has 0 bridgehead atoms. The van der Waals surface area contributed by atoms with Crippen LogP contribution in [0.5, 0.6) is 0 Å². The van der Waals surface area contributed by atoms with Gasteiger partial charge in [0.2, 0.25) is 10.0 Å². The summed E-state index contributed by atoms with van der Waals surface area (Å²) >= 11 is -1.33. The second-order valence-corrected chi connectivity index (χ2v) is 11.9. The maximum Gasteiger partial charge on any atom is 0.229 e. The molecule has 8 heteroatoms. The van der Waals surface area contributed by atoms with Crippen LogP contribution in [0.3, 0.4) is 0 Å². The Bertz CT molecular complexity index is 823. The number of benzene rings is 1. The molecule has 6 nitrogen and oxygen atoms in total. The van der Waals surface area contributed by atoms with Crippen LogP contribution in [0.25, 0.3) is 0 Å². The van der Waals surface area contributed by atoms with E-state index in [9.17, 15) is 13.0 Å². The van der Waals surface area contributed by atoms with E-state index in [4.69, 9.17) is 4.40 Å². The summed E-state index contributed by atoms with van der Waals surface area (Å²) in [5.74, 6) is 0. The molecule has 1 aromatic carbocycles. The van der Waals surface area contributed by atoms with E-state index in [1.54, 1.807) is 6.07 Å². The minimum Gasteiger partial charge on any atom is -0.591 e. The van der Waals surface area contributed by atoms with Gasteiger partial charge >= 0.3 is 0 Å². The van der Waals surface area contributed by atoms with Gasteiger partial charge in [-0.2, -0.15) is 0 Å². The first-order valence-electron chi connectivity index (χ1n) is 8.83. The summed E-state index contributed by atoms with van der Waals surface area (Å²) in [5.41, 5.74) is 3.45. The Morgan fingerprint density at radius 3 is 2.50 bits per heavy atom. The Kier molecular flexibility index (Phi) is 5.16. The molecule has 2 aliphatic rings. The van der Waals surface area contributed by atoms with Gasteiger partial charge in [-0.15, -0.1) is 0 Å². The predicted molar refractivity (Wildman–Crippen MR) is 108 cm³/mol. The zero-order chi connectivity index (χ0) is 19.2. The third kappa shape index (κ3) is 4.08. The van der Waals surface area contributed by atoms with E-state index in [-0.39, 0.29) is 5.41 Å². The first-order chi connectivity index (χ1) is 12.0. The average Bonchev–Trinajstić information content (AvgIpc) is 2.78. The highest BCUT2D eigenvalue weighted by molar-refractivity contribution is 7.92. The van der Waals surface area contributed by atoms with Gasteiger partial charge in [-0.1, -0.05) is 10.5 Å². The zero-order valence-electron chi connectivity index (χ0n) is 15.8. The van der Waals surface area contributed by atoms with Crippen LogP contribution in [0.1, 0.15) is 44.7 Å². The molecule has 1 aliphatic carbocycles. The van der Waals surface area contributed by atoms with Gasteiger partial charge < -0.3 is 9.87 Å². The quantitative estimate of drug-likeness (QED) is 0.765. The van der Waals surface area contributed by atoms with E-state index >= 15 is 0 Å². The fourth-order valence-electron chi connectivity index (χ4n) is 3.67. The minimum atomic E-state index is -3.32. The molecule has 144 valence electrons. The molecule has 1 fully saturated rings. The number of anilines is 1. The molecule has 1 aromatic rings. The normalized spacial score (nSPS) is 22.4. The van der Waals surface area contributed by atoms with Crippen molar-refractivity contribution in [1.29, 1.82) is 0 Å². The highest BCUT2D eigenvalue weighted by Crippen LogP contribution is 2.45. The molecule has 26 heavy (non-hydrogen) atoms. The van der Waals surface area contributed by atoms with E-state index in [2.05, 4.69) is 10.0 Å². The van der Waals surface area contributed by atoms with Gasteiger partial charge in [0, 0.05) is 16.7 Å². The Labute approximate surface area is 159 Å². The summed E-state index contributed by atoms with van der Waals surface area (Å²) in [4.78, 5) is 0. The largest absolute Gasteiger partial charge is 0.591 e. The molecular formula is C18H27N3O3S2. The van der Waals surface area contributed by atoms with Gasteiger partial charge in [-0.05, 0) is 70.8 Å². The van der Waals surface area contributed by atoms with Gasteiger partial charge in [-0.25, -0.2) is 8.42 Å². The van der Waals surface area contributed by atoms with Crippen molar-refractivity contribution in [2.24, 2.45) is 9.81 Å². The van der Waals surface area contributed by atoms with E-state index in [1.165, 1.54) is 0 Å². The molecule has 2 N–H and O–H groups in total. The fourth-order valence-corrected chi connectivity index (χ4v) is 4.95. The van der Waals surface area contributed by atoms with Crippen molar-refractivity contribution in [3.8, 4) is 0 Å². The number of hydrogen-bond donors (Lipinski definition) is 2. The fraction of sp³-hybridized carbons (Fsp3) is 0.611. The molecule has 1 unspecified atom stereocenters. The highest BCUT2D eigenvalue weighted by Gasteiger charge is 2.46. The Hall–Kier alpha value is -1.09. The Morgan fingerprint density at radius 2 is 1.92 bits per heavy atom. The number of nitrogens with one attached hydrogen (secondary N) is 2. The highest BCUT2D eigenvalue weighted by atomic mass is 32.2. The van der Waals surface area contributed by atoms with Gasteiger partial charge in [0.15, 0.2) is 0 Å². The van der Waals surface area contributed by atoms with E-state index in [0.717, 1.165) is 55.4 Å². The molecular weight excluding hydrogens is 370 g/mol. The summed E-state index contributed by atoms with van der Waals surface area (Å²) in [6.07, 6.45) is 3.84. The molecule has 1 saturated heterocycles. The molecule has 1 spiro atoms. The number of sulfonamides is 1. The second-order valence-electron chi connectivity index (χ2n) is 8.25. The van der Waals surface area contributed by atoms with Crippen molar-refractivity contribution in [2.75, 3.05) is 24.1 Å². The number of rotatable bonds is 3. The number of piperidine rings is 1. The van der Waals surface area contributed by atoms with E-state index in [1.807, 2.05) is 32.9 Å². The maximum absolute atomic E-state index is 12.7.